The Morgan fingerprint density at radius 3 is 2.37 bits per heavy atom. The van der Waals surface area contributed by atoms with Crippen LogP contribution in [0, 0.1) is 5.92 Å². The van der Waals surface area contributed by atoms with Gasteiger partial charge in [-0.15, -0.1) is 0 Å². The summed E-state index contributed by atoms with van der Waals surface area (Å²) in [7, 11) is 0. The van der Waals surface area contributed by atoms with Gasteiger partial charge in [0.2, 0.25) is 5.91 Å². The summed E-state index contributed by atoms with van der Waals surface area (Å²) < 4.78 is 0. The molecule has 1 aromatic carbocycles. The van der Waals surface area contributed by atoms with E-state index in [4.69, 9.17) is 0 Å². The Balaban J connectivity index is 1.60. The number of carbonyl (C=O) groups excluding carboxylic acids is 3. The minimum Gasteiger partial charge on any atom is -0.369 e. The Bertz CT molecular complexity index is 782. The molecule has 0 unspecified atom stereocenters. The molecule has 164 valence electrons. The Hall–Kier alpha value is -2.57. The largest absolute Gasteiger partial charge is 0.369 e. The summed E-state index contributed by atoms with van der Waals surface area (Å²) in [5, 5.41) is 5.67. The number of hydrogen-bond donors (Lipinski definition) is 2. The quantitative estimate of drug-likeness (QED) is 0.666. The van der Waals surface area contributed by atoms with Gasteiger partial charge in [0, 0.05) is 24.0 Å². The zero-order valence-electron chi connectivity index (χ0n) is 18.5. The summed E-state index contributed by atoms with van der Waals surface area (Å²) in [6.45, 7) is 9.17. The highest BCUT2D eigenvalue weighted by atomic mass is 16.2. The van der Waals surface area contributed by atoms with Crippen molar-refractivity contribution in [3.63, 3.8) is 0 Å². The molecule has 1 heterocycles. The van der Waals surface area contributed by atoms with Crippen LogP contribution in [-0.2, 0) is 9.59 Å². The van der Waals surface area contributed by atoms with E-state index >= 15 is 0 Å². The Labute approximate surface area is 179 Å². The van der Waals surface area contributed by atoms with E-state index in [-0.39, 0.29) is 18.4 Å². The normalized spacial score (nSPS) is 23.8. The summed E-state index contributed by atoms with van der Waals surface area (Å²) in [5.41, 5.74) is 0.920. The second kappa shape index (κ2) is 9.06. The molecule has 0 atom stereocenters. The molecule has 7 heteroatoms. The summed E-state index contributed by atoms with van der Waals surface area (Å²) in [6.07, 6.45) is 4.26. The van der Waals surface area contributed by atoms with Crippen molar-refractivity contribution >= 4 is 29.2 Å². The zero-order chi connectivity index (χ0) is 21.9. The summed E-state index contributed by atoms with van der Waals surface area (Å²) in [4.78, 5) is 41.2. The van der Waals surface area contributed by atoms with Gasteiger partial charge in [-0.3, -0.25) is 14.5 Å². The van der Waals surface area contributed by atoms with Crippen LogP contribution in [-0.4, -0.2) is 47.4 Å². The van der Waals surface area contributed by atoms with Gasteiger partial charge in [0.15, 0.2) is 0 Å². The van der Waals surface area contributed by atoms with E-state index in [2.05, 4.69) is 43.2 Å². The summed E-state index contributed by atoms with van der Waals surface area (Å²) in [5.74, 6) is -0.0233. The van der Waals surface area contributed by atoms with Gasteiger partial charge in [0.1, 0.15) is 12.1 Å². The van der Waals surface area contributed by atoms with Crippen molar-refractivity contribution in [3.05, 3.63) is 24.3 Å². The van der Waals surface area contributed by atoms with Crippen LogP contribution in [0.25, 0.3) is 0 Å². The van der Waals surface area contributed by atoms with Crippen LogP contribution in [0.5, 0.6) is 0 Å². The van der Waals surface area contributed by atoms with E-state index in [0.29, 0.717) is 30.5 Å². The van der Waals surface area contributed by atoms with Crippen molar-refractivity contribution in [2.24, 2.45) is 5.92 Å². The number of nitrogens with one attached hydrogen (secondary N) is 2. The summed E-state index contributed by atoms with van der Waals surface area (Å²) in [6, 6.07) is 7.54. The lowest BCUT2D eigenvalue weighted by molar-refractivity contribution is -0.135. The number of anilines is 2. The SMILES string of the molecule is CCC1CCC2(CC1)NC(=O)N(CC(=O)Nc1ccc(N(CC)C(C)C)cc1)C2=O. The second-order valence-corrected chi connectivity index (χ2v) is 8.73. The topological polar surface area (TPSA) is 81.8 Å². The monoisotopic (exact) mass is 414 g/mol. The molecule has 4 amide bonds. The maximum Gasteiger partial charge on any atom is 0.325 e. The first-order chi connectivity index (χ1) is 14.3. The third-order valence-electron chi connectivity index (χ3n) is 6.53. The highest BCUT2D eigenvalue weighted by Crippen LogP contribution is 2.37. The molecule has 1 aromatic rings. The number of carbonyl (C=O) groups is 3. The lowest BCUT2D eigenvalue weighted by Gasteiger charge is -2.34. The molecule has 1 saturated heterocycles. The third-order valence-corrected chi connectivity index (χ3v) is 6.53. The Kier molecular flexibility index (Phi) is 6.68. The fraction of sp³-hybridized carbons (Fsp3) is 0.609. The highest BCUT2D eigenvalue weighted by molar-refractivity contribution is 6.10. The molecule has 0 radical (unpaired) electrons. The molecule has 30 heavy (non-hydrogen) atoms. The highest BCUT2D eigenvalue weighted by Gasteiger charge is 2.52. The number of hydrogen-bond acceptors (Lipinski definition) is 4. The molecule has 2 fully saturated rings. The first kappa shape index (κ1) is 22.1. The Morgan fingerprint density at radius 1 is 1.20 bits per heavy atom. The molecule has 1 saturated carbocycles. The predicted octanol–water partition coefficient (Wildman–Crippen LogP) is 3.75. The molecule has 0 bridgehead atoms. The van der Waals surface area contributed by atoms with E-state index in [9.17, 15) is 14.4 Å². The fourth-order valence-corrected chi connectivity index (χ4v) is 4.66. The Morgan fingerprint density at radius 2 is 1.83 bits per heavy atom. The molecular formula is C23H34N4O3. The third kappa shape index (κ3) is 4.45. The van der Waals surface area contributed by atoms with E-state index in [0.717, 1.165) is 36.4 Å². The van der Waals surface area contributed by atoms with Crippen molar-refractivity contribution in [2.75, 3.05) is 23.3 Å². The van der Waals surface area contributed by atoms with Crippen LogP contribution in [0.1, 0.15) is 59.8 Å². The van der Waals surface area contributed by atoms with Crippen molar-refractivity contribution in [1.29, 1.82) is 0 Å². The smallest absolute Gasteiger partial charge is 0.325 e. The molecule has 0 aromatic heterocycles. The molecule has 2 aliphatic rings. The first-order valence-electron chi connectivity index (χ1n) is 11.1. The van der Waals surface area contributed by atoms with Crippen LogP contribution < -0.4 is 15.5 Å². The minimum absolute atomic E-state index is 0.261. The van der Waals surface area contributed by atoms with Crippen molar-refractivity contribution < 1.29 is 14.4 Å². The van der Waals surface area contributed by atoms with Gasteiger partial charge in [-0.1, -0.05) is 13.3 Å². The van der Waals surface area contributed by atoms with E-state index in [1.54, 1.807) is 0 Å². The van der Waals surface area contributed by atoms with Crippen LogP contribution in [0.4, 0.5) is 16.2 Å². The first-order valence-corrected chi connectivity index (χ1v) is 11.1. The molecule has 7 nitrogen and oxygen atoms in total. The number of amides is 4. The second-order valence-electron chi connectivity index (χ2n) is 8.73. The van der Waals surface area contributed by atoms with Crippen molar-refractivity contribution in [3.8, 4) is 0 Å². The van der Waals surface area contributed by atoms with Gasteiger partial charge in [-0.25, -0.2) is 4.79 Å². The van der Waals surface area contributed by atoms with Crippen LogP contribution in [0.2, 0.25) is 0 Å². The van der Waals surface area contributed by atoms with Crippen LogP contribution in [0.15, 0.2) is 24.3 Å². The number of urea groups is 1. The molecule has 3 rings (SSSR count). The number of benzene rings is 1. The van der Waals surface area contributed by atoms with Gasteiger partial charge < -0.3 is 15.5 Å². The van der Waals surface area contributed by atoms with Crippen molar-refractivity contribution in [2.45, 2.75) is 71.4 Å². The van der Waals surface area contributed by atoms with Gasteiger partial charge in [0.05, 0.1) is 0 Å². The van der Waals surface area contributed by atoms with E-state index in [1.807, 2.05) is 24.3 Å². The average molecular weight is 415 g/mol. The molecule has 1 aliphatic carbocycles. The molecular weight excluding hydrogens is 380 g/mol. The lowest BCUT2D eigenvalue weighted by atomic mass is 9.75. The lowest BCUT2D eigenvalue weighted by Crippen LogP contribution is -2.49. The maximum absolute atomic E-state index is 12.9. The van der Waals surface area contributed by atoms with Crippen LogP contribution in [0.3, 0.4) is 0 Å². The predicted molar refractivity (Wildman–Crippen MR) is 118 cm³/mol. The zero-order valence-corrected chi connectivity index (χ0v) is 18.5. The fourth-order valence-electron chi connectivity index (χ4n) is 4.66. The molecule has 1 spiro atoms. The van der Waals surface area contributed by atoms with Crippen molar-refractivity contribution in [1.82, 2.24) is 10.2 Å². The van der Waals surface area contributed by atoms with E-state index < -0.39 is 11.6 Å². The number of imide groups is 1. The van der Waals surface area contributed by atoms with Gasteiger partial charge in [-0.2, -0.15) is 0 Å². The average Bonchev–Trinajstić information content (AvgIpc) is 2.94. The maximum atomic E-state index is 12.9. The molecule has 2 N–H and O–H groups in total. The van der Waals surface area contributed by atoms with Gasteiger partial charge >= 0.3 is 6.03 Å². The van der Waals surface area contributed by atoms with E-state index in [1.165, 1.54) is 0 Å². The van der Waals surface area contributed by atoms with Gasteiger partial charge in [0.25, 0.3) is 5.91 Å². The summed E-state index contributed by atoms with van der Waals surface area (Å²) >= 11 is 0. The number of nitrogens with zero attached hydrogens (tertiary/aromatic N) is 2. The number of rotatable bonds is 7. The van der Waals surface area contributed by atoms with Crippen LogP contribution >= 0.6 is 0 Å². The van der Waals surface area contributed by atoms with Gasteiger partial charge in [-0.05, 0) is 76.6 Å². The molecule has 1 aliphatic heterocycles. The standard InChI is InChI=1S/C23H34N4O3/c1-5-17-11-13-23(14-12-17)21(29)27(22(30)25-23)15-20(28)24-18-7-9-19(10-8-18)26(6-2)16(3)4/h7-10,16-17H,5-6,11-15H2,1-4H3,(H,24,28)(H,25,30). The minimum atomic E-state index is -0.814.